The van der Waals surface area contributed by atoms with Crippen LogP contribution in [-0.4, -0.2) is 86.2 Å². The lowest BCUT2D eigenvalue weighted by atomic mass is 9.97. The summed E-state index contributed by atoms with van der Waals surface area (Å²) >= 11 is 0. The molecule has 64 heavy (non-hydrogen) atoms. The highest BCUT2D eigenvalue weighted by Crippen LogP contribution is 2.44. The number of nitrogens with two attached hydrogens (primary N) is 2. The van der Waals surface area contributed by atoms with E-state index in [1.54, 1.807) is 107 Å². The van der Waals surface area contributed by atoms with E-state index in [4.69, 9.17) is 30.4 Å². The number of rotatable bonds is 17. The number of sulfone groups is 1. The molecule has 0 aliphatic heterocycles. The largest absolute Gasteiger partial charge is 0.497 e. The van der Waals surface area contributed by atoms with Gasteiger partial charge in [0.2, 0.25) is 15.8 Å². The Morgan fingerprint density at radius 3 is 1.80 bits per heavy atom. The lowest BCUT2D eigenvalue weighted by molar-refractivity contribution is 0.0513. The number of sulfonamides is 1. The predicted octanol–water partition coefficient (Wildman–Crippen LogP) is 6.32. The summed E-state index contributed by atoms with van der Waals surface area (Å²) in [5.41, 5.74) is 14.5. The van der Waals surface area contributed by atoms with E-state index in [0.29, 0.717) is 33.9 Å². The molecule has 0 aliphatic rings. The number of tetrazole rings is 1. The van der Waals surface area contributed by atoms with E-state index in [9.17, 15) is 13.2 Å². The van der Waals surface area contributed by atoms with Crippen molar-refractivity contribution in [1.82, 2.24) is 29.8 Å². The zero-order chi connectivity index (χ0) is 46.4. The second kappa shape index (κ2) is 19.4. The number of hydrogen-bond acceptors (Lipinski definition) is 14. The second-order valence-corrected chi connectivity index (χ2v) is 19.8. The molecule has 0 fully saturated rings. The molecule has 1 heterocycles. The number of carbonyl (C=O) groups is 1. The third-order valence-electron chi connectivity index (χ3n) is 9.91. The van der Waals surface area contributed by atoms with Crippen molar-refractivity contribution in [1.29, 1.82) is 0 Å². The van der Waals surface area contributed by atoms with Crippen molar-refractivity contribution in [3.05, 3.63) is 120 Å². The number of aromatic nitrogens is 4. The summed E-state index contributed by atoms with van der Waals surface area (Å²) in [7, 11) is -4.96. The van der Waals surface area contributed by atoms with Gasteiger partial charge in [0.25, 0.3) is 0 Å². The van der Waals surface area contributed by atoms with Gasteiger partial charge >= 0.3 is 6.09 Å². The van der Waals surface area contributed by atoms with Gasteiger partial charge in [0.15, 0.2) is 9.84 Å². The molecule has 338 valence electrons. The van der Waals surface area contributed by atoms with Gasteiger partial charge in [0.05, 0.1) is 55.5 Å². The van der Waals surface area contributed by atoms with Crippen LogP contribution in [0.5, 0.6) is 17.2 Å². The minimum absolute atomic E-state index is 0.108. The Balaban J connectivity index is 1.62. The maximum Gasteiger partial charge on any atom is 0.407 e. The molecule has 6 aromatic rings. The maximum atomic E-state index is 15.9. The maximum absolute atomic E-state index is 15.9. The van der Waals surface area contributed by atoms with Crippen LogP contribution in [0, 0.1) is 0 Å². The van der Waals surface area contributed by atoms with Crippen LogP contribution in [0.25, 0.3) is 22.5 Å². The second-order valence-electron chi connectivity index (χ2n) is 15.9. The summed E-state index contributed by atoms with van der Waals surface area (Å²) in [4.78, 5) is 12.9. The number of carbonyl (C=O) groups excluding carboxylic acids is 1. The van der Waals surface area contributed by atoms with Crippen molar-refractivity contribution >= 4 is 37.3 Å². The van der Waals surface area contributed by atoms with Crippen molar-refractivity contribution in [2.75, 3.05) is 38.5 Å². The third kappa shape index (κ3) is 11.1. The van der Waals surface area contributed by atoms with E-state index in [1.165, 1.54) is 42.4 Å². The molecule has 0 spiro atoms. The molecule has 1 amide bonds. The first-order valence-electron chi connectivity index (χ1n) is 20.0. The average molecular weight is 913 g/mol. The molecule has 5 N–H and O–H groups in total. The number of alkyl carbamates (subject to hydrolysis) is 1. The lowest BCUT2D eigenvalue weighted by Crippen LogP contribution is -2.41. The van der Waals surface area contributed by atoms with Crippen LogP contribution in [0.15, 0.2) is 113 Å². The summed E-state index contributed by atoms with van der Waals surface area (Å²) in [6.07, 6.45) is -0.848. The highest BCUT2D eigenvalue weighted by atomic mass is 32.2. The van der Waals surface area contributed by atoms with E-state index < -0.39 is 53.1 Å². The molecule has 6 rings (SSSR count). The van der Waals surface area contributed by atoms with E-state index in [1.807, 2.05) is 12.1 Å². The summed E-state index contributed by atoms with van der Waals surface area (Å²) in [5.74, 6) is 0.804. The Morgan fingerprint density at radius 2 is 1.28 bits per heavy atom. The number of methoxy groups -OCH3 is 3. The Morgan fingerprint density at radius 1 is 0.750 bits per heavy atom. The molecule has 0 radical (unpaired) electrons. The molecule has 17 nitrogen and oxygen atoms in total. The standard InChI is InChI=1S/C45H52N8O9S2/c1-29(48-44(54)62-45(2,3)4)28-63(55,56)39-24-23-36(37-9-8-10-38(46)41(37)47)40(43-49-51-53(50-43)27-32-15-21-35(61-7)22-16-32)42(39)64(57,58)52(25-30-11-17-33(59-5)18-12-30)26-31-13-19-34(60-6)20-14-31/h8-24,29H,25-28,46-47H2,1-7H3,(H,48,54)/t29-/m1/s1. The van der Waals surface area contributed by atoms with Gasteiger partial charge < -0.3 is 35.7 Å². The Kier molecular flexibility index (Phi) is 14.2. The van der Waals surface area contributed by atoms with Crippen LogP contribution in [0.1, 0.15) is 44.4 Å². The quantitative estimate of drug-likeness (QED) is 0.0850. The van der Waals surface area contributed by atoms with Crippen molar-refractivity contribution in [3.8, 4) is 39.8 Å². The van der Waals surface area contributed by atoms with Gasteiger partial charge in [-0.3, -0.25) is 0 Å². The molecule has 0 bridgehead atoms. The van der Waals surface area contributed by atoms with Crippen LogP contribution in [0.2, 0.25) is 0 Å². The normalized spacial score (nSPS) is 12.4. The highest BCUT2D eigenvalue weighted by molar-refractivity contribution is 7.93. The Bertz CT molecular complexity index is 2760. The van der Waals surface area contributed by atoms with Gasteiger partial charge in [-0.05, 0) is 104 Å². The SMILES string of the molecule is COc1ccc(CN(Cc2ccc(OC)cc2)S(=O)(=O)c2c(S(=O)(=O)C[C@@H](C)NC(=O)OC(C)(C)C)ccc(-c3cccc(N)c3N)c2-c2nnn(Cc3ccc(OC)cc3)n2)cc1. The van der Waals surface area contributed by atoms with Gasteiger partial charge in [0.1, 0.15) is 27.7 Å². The highest BCUT2D eigenvalue weighted by Gasteiger charge is 2.39. The number of nitrogen functional groups attached to an aromatic ring is 2. The topological polar surface area (TPSA) is 233 Å². The number of nitrogens with one attached hydrogen (secondary N) is 1. The monoisotopic (exact) mass is 912 g/mol. The van der Waals surface area contributed by atoms with Crippen molar-refractivity contribution in [2.24, 2.45) is 0 Å². The molecule has 0 saturated heterocycles. The van der Waals surface area contributed by atoms with Crippen molar-refractivity contribution < 1.29 is 40.6 Å². The van der Waals surface area contributed by atoms with Gasteiger partial charge in [0, 0.05) is 24.7 Å². The first-order valence-corrected chi connectivity index (χ1v) is 23.1. The molecular formula is C45H52N8O9S2. The van der Waals surface area contributed by atoms with Crippen LogP contribution in [0.4, 0.5) is 16.2 Å². The molecular weight excluding hydrogens is 861 g/mol. The molecule has 1 atom stereocenters. The number of benzene rings is 5. The summed E-state index contributed by atoms with van der Waals surface area (Å²) < 4.78 is 84.2. The van der Waals surface area contributed by atoms with E-state index >= 15 is 8.42 Å². The molecule has 0 saturated carbocycles. The fraction of sp³-hybridized carbons (Fsp3) is 0.289. The Hall–Kier alpha value is -6.70. The van der Waals surface area contributed by atoms with Crippen LogP contribution < -0.4 is 31.0 Å². The van der Waals surface area contributed by atoms with E-state index in [-0.39, 0.29) is 48.0 Å². The van der Waals surface area contributed by atoms with Gasteiger partial charge in [-0.15, -0.1) is 10.2 Å². The zero-order valence-corrected chi connectivity index (χ0v) is 38.2. The van der Waals surface area contributed by atoms with Crippen LogP contribution >= 0.6 is 0 Å². The number of nitrogens with zero attached hydrogens (tertiary/aromatic N) is 5. The zero-order valence-electron chi connectivity index (χ0n) is 36.6. The molecule has 0 aliphatic carbocycles. The summed E-state index contributed by atoms with van der Waals surface area (Å²) in [5, 5.41) is 15.9. The number of anilines is 2. The summed E-state index contributed by atoms with van der Waals surface area (Å²) in [6.45, 7) is 6.18. The van der Waals surface area contributed by atoms with Gasteiger partial charge in [-0.1, -0.05) is 54.6 Å². The molecule has 5 aromatic carbocycles. The fourth-order valence-corrected chi connectivity index (χ4v) is 10.8. The third-order valence-corrected chi connectivity index (χ3v) is 13.9. The van der Waals surface area contributed by atoms with Crippen LogP contribution in [0.3, 0.4) is 0 Å². The van der Waals surface area contributed by atoms with Crippen molar-refractivity contribution in [2.45, 2.75) is 68.8 Å². The number of para-hydroxylation sites is 1. The predicted molar refractivity (Wildman–Crippen MR) is 243 cm³/mol. The van der Waals surface area contributed by atoms with Crippen LogP contribution in [-0.2, 0) is 44.2 Å². The lowest BCUT2D eigenvalue weighted by Gasteiger charge is -2.27. The first-order chi connectivity index (χ1) is 30.3. The average Bonchev–Trinajstić information content (AvgIpc) is 3.71. The first kappa shape index (κ1) is 46.8. The number of hydrogen-bond donors (Lipinski definition) is 3. The van der Waals surface area contributed by atoms with E-state index in [0.717, 1.165) is 5.56 Å². The Labute approximate surface area is 373 Å². The molecule has 1 aromatic heterocycles. The van der Waals surface area contributed by atoms with Gasteiger partial charge in [-0.2, -0.15) is 9.10 Å². The summed E-state index contributed by atoms with van der Waals surface area (Å²) in [6, 6.07) is 27.3. The van der Waals surface area contributed by atoms with Crippen molar-refractivity contribution in [3.63, 3.8) is 0 Å². The fourth-order valence-electron chi connectivity index (χ4n) is 6.83. The van der Waals surface area contributed by atoms with Gasteiger partial charge in [-0.25, -0.2) is 21.6 Å². The molecule has 0 unspecified atom stereocenters. The minimum Gasteiger partial charge on any atom is -0.497 e. The smallest absolute Gasteiger partial charge is 0.407 e. The minimum atomic E-state index is -4.94. The number of amides is 1. The molecule has 19 heteroatoms. The van der Waals surface area contributed by atoms with E-state index in [2.05, 4.69) is 20.7 Å². The number of ether oxygens (including phenoxy) is 4.